The second-order valence-electron chi connectivity index (χ2n) is 1.41. The van der Waals surface area contributed by atoms with Gasteiger partial charge in [-0.1, -0.05) is 0 Å². The van der Waals surface area contributed by atoms with Crippen molar-refractivity contribution in [2.75, 3.05) is 6.54 Å². The summed E-state index contributed by atoms with van der Waals surface area (Å²) < 4.78 is 0.212. The van der Waals surface area contributed by atoms with Gasteiger partial charge in [-0.05, 0) is 19.4 Å². The average Bonchev–Trinajstić information content (AvgIpc) is 1.61. The average molecular weight is 174 g/mol. The van der Waals surface area contributed by atoms with Gasteiger partial charge in [0.15, 0.2) is 0 Å². The van der Waals surface area contributed by atoms with Gasteiger partial charge in [0.2, 0.25) is 0 Å². The van der Waals surface area contributed by atoms with E-state index in [1.54, 1.807) is 0 Å². The van der Waals surface area contributed by atoms with Crippen molar-refractivity contribution in [1.82, 2.24) is 0 Å². The van der Waals surface area contributed by atoms with Crippen molar-refractivity contribution >= 4 is 37.7 Å². The Morgan fingerprint density at radius 3 is 2.00 bits per heavy atom. The maximum Gasteiger partial charge on any atom is 0.0442 e. The molecule has 8 heavy (non-hydrogen) atoms. The first-order chi connectivity index (χ1) is 3.27. The van der Waals surface area contributed by atoms with Crippen molar-refractivity contribution in [3.05, 3.63) is 0 Å². The molecule has 0 aliphatic carbocycles. The van der Waals surface area contributed by atoms with E-state index in [4.69, 9.17) is 5.73 Å². The van der Waals surface area contributed by atoms with E-state index in [0.717, 1.165) is 19.4 Å². The van der Waals surface area contributed by atoms with Crippen LogP contribution in [0.4, 0.5) is 0 Å². The Morgan fingerprint density at radius 2 is 1.88 bits per heavy atom. The highest BCUT2D eigenvalue weighted by molar-refractivity contribution is 7.99. The Morgan fingerprint density at radius 1 is 1.38 bits per heavy atom. The lowest BCUT2D eigenvalue weighted by molar-refractivity contribution is 0.801. The lowest BCUT2D eigenvalue weighted by Gasteiger charge is -1.97. The largest absolute Gasteiger partial charge is 0.330 e. The van der Waals surface area contributed by atoms with Gasteiger partial charge in [-0.2, -0.15) is 25.3 Å². The molecule has 0 rings (SSSR count). The quantitative estimate of drug-likeness (QED) is 0.436. The second kappa shape index (κ2) is 7.95. The summed E-state index contributed by atoms with van der Waals surface area (Å²) in [5.41, 5.74) is 5.21. The molecular weight excluding hydrogens is 162 g/mol. The molecule has 0 amide bonds. The van der Waals surface area contributed by atoms with Crippen LogP contribution in [0, 0.1) is 0 Å². The Hall–Kier alpha value is 0.950. The van der Waals surface area contributed by atoms with Crippen LogP contribution < -0.4 is 5.73 Å². The van der Waals surface area contributed by atoms with E-state index in [1.807, 2.05) is 0 Å². The van der Waals surface area contributed by atoms with E-state index in [9.17, 15) is 0 Å². The van der Waals surface area contributed by atoms with E-state index in [1.165, 1.54) is 0 Å². The second-order valence-corrected chi connectivity index (χ2v) is 3.07. The Labute approximate surface area is 67.6 Å². The number of hydrogen-bond donors (Lipinski definition) is 3. The minimum absolute atomic E-state index is 0. The highest BCUT2D eigenvalue weighted by Gasteiger charge is 1.90. The summed E-state index contributed by atoms with van der Waals surface area (Å²) in [6, 6.07) is 0. The van der Waals surface area contributed by atoms with Crippen LogP contribution in [-0.4, -0.2) is 11.1 Å². The normalized spacial score (nSPS) is 9.00. The molecule has 0 aromatic carbocycles. The van der Waals surface area contributed by atoms with Crippen molar-refractivity contribution in [3.63, 3.8) is 0 Å². The van der Waals surface area contributed by atoms with Gasteiger partial charge >= 0.3 is 0 Å². The fourth-order valence-corrected chi connectivity index (χ4v) is 0.666. The Bertz CT molecular complexity index is 43.0. The summed E-state index contributed by atoms with van der Waals surface area (Å²) in [5.74, 6) is 0. The number of hydrogen-bond acceptors (Lipinski definition) is 3. The highest BCUT2D eigenvalue weighted by atomic mass is 35.5. The van der Waals surface area contributed by atoms with Gasteiger partial charge in [-0.3, -0.25) is 0 Å². The first-order valence-corrected chi connectivity index (χ1v) is 3.37. The van der Waals surface area contributed by atoms with Gasteiger partial charge in [0.25, 0.3) is 0 Å². The van der Waals surface area contributed by atoms with Gasteiger partial charge < -0.3 is 5.73 Å². The van der Waals surface area contributed by atoms with Crippen LogP contribution in [0.2, 0.25) is 0 Å². The topological polar surface area (TPSA) is 26.0 Å². The fraction of sp³-hybridized carbons (Fsp3) is 1.00. The first kappa shape index (κ1) is 11.7. The molecule has 0 saturated carbocycles. The number of nitrogens with two attached hydrogens (primary N) is 1. The molecule has 0 aromatic rings. The predicted molar refractivity (Wildman–Crippen MR) is 47.3 cm³/mol. The summed E-state index contributed by atoms with van der Waals surface area (Å²) in [6.07, 6.45) is 2.03. The zero-order chi connectivity index (χ0) is 5.70. The van der Waals surface area contributed by atoms with Gasteiger partial charge in [0.05, 0.1) is 0 Å². The molecular formula is C4H12ClNS2. The summed E-state index contributed by atoms with van der Waals surface area (Å²) in [4.78, 5) is 0. The molecule has 2 N–H and O–H groups in total. The van der Waals surface area contributed by atoms with Crippen LogP contribution in [0.3, 0.4) is 0 Å². The minimum Gasteiger partial charge on any atom is -0.330 e. The summed E-state index contributed by atoms with van der Waals surface area (Å²) in [7, 11) is 0. The van der Waals surface area contributed by atoms with E-state index < -0.39 is 0 Å². The number of rotatable bonds is 3. The van der Waals surface area contributed by atoms with Gasteiger partial charge in [-0.15, -0.1) is 12.4 Å². The summed E-state index contributed by atoms with van der Waals surface area (Å²) in [5, 5.41) is 0. The Balaban J connectivity index is 0. The molecule has 0 aliphatic heterocycles. The molecule has 0 atom stereocenters. The van der Waals surface area contributed by atoms with E-state index in [2.05, 4.69) is 25.3 Å². The lowest BCUT2D eigenvalue weighted by Crippen LogP contribution is -2.00. The molecule has 0 bridgehead atoms. The standard InChI is InChI=1S/C4H11NS2.ClH/c5-3-1-2-4(6)7;/h4,6-7H,1-3,5H2;1H. The zero-order valence-corrected chi connectivity index (χ0v) is 7.18. The molecule has 0 radical (unpaired) electrons. The third kappa shape index (κ3) is 10.0. The summed E-state index contributed by atoms with van der Waals surface area (Å²) >= 11 is 8.08. The highest BCUT2D eigenvalue weighted by Crippen LogP contribution is 2.06. The molecule has 4 heteroatoms. The van der Waals surface area contributed by atoms with Crippen LogP contribution in [-0.2, 0) is 0 Å². The van der Waals surface area contributed by atoms with Crippen LogP contribution in [0.5, 0.6) is 0 Å². The van der Waals surface area contributed by atoms with Crippen LogP contribution >= 0.6 is 37.7 Å². The van der Waals surface area contributed by atoms with Gasteiger partial charge in [-0.25, -0.2) is 0 Å². The van der Waals surface area contributed by atoms with Crippen LogP contribution in [0.15, 0.2) is 0 Å². The zero-order valence-electron chi connectivity index (χ0n) is 4.58. The van der Waals surface area contributed by atoms with Crippen molar-refractivity contribution in [2.24, 2.45) is 5.73 Å². The molecule has 0 saturated heterocycles. The molecule has 0 heterocycles. The first-order valence-electron chi connectivity index (χ1n) is 2.33. The predicted octanol–water partition coefficient (Wildman–Crippen LogP) is 1.33. The Kier molecular flexibility index (Phi) is 11.6. The molecule has 1 nitrogen and oxygen atoms in total. The van der Waals surface area contributed by atoms with Crippen molar-refractivity contribution < 1.29 is 0 Å². The molecule has 0 spiro atoms. The third-order valence-electron chi connectivity index (χ3n) is 0.666. The van der Waals surface area contributed by atoms with E-state index in [0.29, 0.717) is 0 Å². The van der Waals surface area contributed by atoms with Gasteiger partial charge in [0.1, 0.15) is 0 Å². The van der Waals surface area contributed by atoms with E-state index >= 15 is 0 Å². The molecule has 0 aliphatic rings. The van der Waals surface area contributed by atoms with Crippen molar-refractivity contribution in [1.29, 1.82) is 0 Å². The smallest absolute Gasteiger partial charge is 0.0442 e. The molecule has 0 fully saturated rings. The van der Waals surface area contributed by atoms with Gasteiger partial charge in [0, 0.05) is 4.58 Å². The minimum atomic E-state index is 0. The molecule has 0 unspecified atom stereocenters. The summed E-state index contributed by atoms with van der Waals surface area (Å²) in [6.45, 7) is 0.748. The molecule has 0 aromatic heterocycles. The van der Waals surface area contributed by atoms with Crippen molar-refractivity contribution in [3.8, 4) is 0 Å². The van der Waals surface area contributed by atoms with Crippen molar-refractivity contribution in [2.45, 2.75) is 17.4 Å². The van der Waals surface area contributed by atoms with Crippen LogP contribution in [0.1, 0.15) is 12.8 Å². The van der Waals surface area contributed by atoms with E-state index in [-0.39, 0.29) is 17.0 Å². The SMILES string of the molecule is Cl.NCCCC(S)S. The van der Waals surface area contributed by atoms with Crippen LogP contribution in [0.25, 0.3) is 0 Å². The number of halogens is 1. The monoisotopic (exact) mass is 173 g/mol. The number of thiol groups is 2. The maximum atomic E-state index is 5.21. The third-order valence-corrected chi connectivity index (χ3v) is 1.18. The molecule has 52 valence electrons. The maximum absolute atomic E-state index is 5.21. The fourth-order valence-electron chi connectivity index (χ4n) is 0.300. The lowest BCUT2D eigenvalue weighted by atomic mass is 10.3.